The number of hydrogen-bond acceptors (Lipinski definition) is 7. The summed E-state index contributed by atoms with van der Waals surface area (Å²) < 4.78 is 12.8. The third-order valence-corrected chi connectivity index (χ3v) is 5.04. The van der Waals surface area contributed by atoms with E-state index in [4.69, 9.17) is 9.47 Å². The lowest BCUT2D eigenvalue weighted by atomic mass is 10.1. The second-order valence-electron chi connectivity index (χ2n) is 6.95. The summed E-state index contributed by atoms with van der Waals surface area (Å²) in [6.45, 7) is -0.311. The van der Waals surface area contributed by atoms with Crippen molar-refractivity contribution in [1.82, 2.24) is 19.1 Å². The van der Waals surface area contributed by atoms with E-state index in [2.05, 4.69) is 9.97 Å². The molecule has 0 fully saturated rings. The van der Waals surface area contributed by atoms with E-state index in [0.29, 0.717) is 22.8 Å². The molecule has 0 spiro atoms. The molecule has 9 nitrogen and oxygen atoms in total. The van der Waals surface area contributed by atoms with Gasteiger partial charge in [-0.3, -0.25) is 23.7 Å². The first kappa shape index (κ1) is 21.0. The number of pyridine rings is 2. The summed E-state index contributed by atoms with van der Waals surface area (Å²) in [5.74, 6) is 0.554. The summed E-state index contributed by atoms with van der Waals surface area (Å²) >= 11 is 0. The minimum absolute atomic E-state index is 0.0322. The van der Waals surface area contributed by atoms with Crippen LogP contribution in [0.4, 0.5) is 0 Å². The zero-order valence-corrected chi connectivity index (χ0v) is 17.5. The van der Waals surface area contributed by atoms with Crippen LogP contribution in [0.15, 0.2) is 70.5 Å². The van der Waals surface area contributed by atoms with Crippen molar-refractivity contribution in [1.29, 1.82) is 0 Å². The van der Waals surface area contributed by atoms with E-state index in [9.17, 15) is 14.4 Å². The number of Topliss-reactive ketones (excluding diaryl/α,β-unsaturated/α-hetero) is 1. The molecule has 9 heteroatoms. The van der Waals surface area contributed by atoms with Crippen LogP contribution in [-0.4, -0.2) is 39.1 Å². The highest BCUT2D eigenvalue weighted by Crippen LogP contribution is 2.27. The van der Waals surface area contributed by atoms with Gasteiger partial charge in [-0.05, 0) is 42.5 Å². The van der Waals surface area contributed by atoms with Crippen molar-refractivity contribution in [3.05, 3.63) is 93.0 Å². The highest BCUT2D eigenvalue weighted by molar-refractivity contribution is 5.97. The molecule has 0 bridgehead atoms. The molecular weight excluding hydrogens is 412 g/mol. The number of hydrogen-bond donors (Lipinski definition) is 0. The first-order chi connectivity index (χ1) is 15.5. The van der Waals surface area contributed by atoms with E-state index in [1.807, 2.05) is 0 Å². The molecule has 0 amide bonds. The quantitative estimate of drug-likeness (QED) is 0.411. The summed E-state index contributed by atoms with van der Waals surface area (Å²) in [6.07, 6.45) is 3.05. The number of methoxy groups -OCH3 is 2. The number of benzene rings is 1. The van der Waals surface area contributed by atoms with E-state index in [1.165, 1.54) is 25.0 Å². The number of carbonyl (C=O) groups is 1. The number of rotatable bonds is 7. The van der Waals surface area contributed by atoms with Crippen LogP contribution in [0, 0.1) is 0 Å². The van der Waals surface area contributed by atoms with Crippen molar-refractivity contribution in [3.8, 4) is 11.5 Å². The monoisotopic (exact) mass is 432 g/mol. The van der Waals surface area contributed by atoms with Crippen LogP contribution in [0.3, 0.4) is 0 Å². The van der Waals surface area contributed by atoms with Crippen molar-refractivity contribution < 1.29 is 14.3 Å². The minimum Gasteiger partial charge on any atom is -0.493 e. The zero-order valence-electron chi connectivity index (χ0n) is 17.5. The Morgan fingerprint density at radius 2 is 1.69 bits per heavy atom. The molecular formula is C23H20N4O5. The van der Waals surface area contributed by atoms with Crippen molar-refractivity contribution in [2.45, 2.75) is 13.1 Å². The molecule has 0 aliphatic carbocycles. The fourth-order valence-corrected chi connectivity index (χ4v) is 3.43. The number of ether oxygens (including phenoxy) is 2. The second-order valence-corrected chi connectivity index (χ2v) is 6.95. The second kappa shape index (κ2) is 8.84. The van der Waals surface area contributed by atoms with Crippen LogP contribution in [-0.2, 0) is 13.1 Å². The SMILES string of the molecule is COc1ccc(C(=O)Cn2c(=O)n(Cc3ccccn3)c(=O)c3ncccc32)cc1OC. The smallest absolute Gasteiger partial charge is 0.332 e. The molecule has 0 saturated carbocycles. The molecule has 162 valence electrons. The molecule has 0 atom stereocenters. The third kappa shape index (κ3) is 3.87. The summed E-state index contributed by atoms with van der Waals surface area (Å²) in [5, 5.41) is 0. The van der Waals surface area contributed by atoms with Crippen molar-refractivity contribution in [2.24, 2.45) is 0 Å². The van der Waals surface area contributed by atoms with Gasteiger partial charge in [-0.25, -0.2) is 9.78 Å². The summed E-state index contributed by atoms with van der Waals surface area (Å²) in [6, 6.07) is 13.2. The molecule has 4 rings (SSSR count). The Hall–Kier alpha value is -4.27. The van der Waals surface area contributed by atoms with Gasteiger partial charge >= 0.3 is 5.69 Å². The lowest BCUT2D eigenvalue weighted by Gasteiger charge is -2.14. The van der Waals surface area contributed by atoms with Gasteiger partial charge in [0.05, 0.1) is 38.5 Å². The topological polar surface area (TPSA) is 105 Å². The maximum Gasteiger partial charge on any atom is 0.332 e. The maximum atomic E-state index is 13.3. The zero-order chi connectivity index (χ0) is 22.7. The third-order valence-electron chi connectivity index (χ3n) is 5.04. The highest BCUT2D eigenvalue weighted by atomic mass is 16.5. The van der Waals surface area contributed by atoms with Crippen molar-refractivity contribution >= 4 is 16.8 Å². The van der Waals surface area contributed by atoms with Gasteiger partial charge in [-0.2, -0.15) is 0 Å². The van der Waals surface area contributed by atoms with Crippen LogP contribution in [0.2, 0.25) is 0 Å². The Labute approximate surface area is 182 Å². The summed E-state index contributed by atoms with van der Waals surface area (Å²) in [4.78, 5) is 47.6. The lowest BCUT2D eigenvalue weighted by molar-refractivity contribution is 0.0971. The molecule has 32 heavy (non-hydrogen) atoms. The first-order valence-corrected chi connectivity index (χ1v) is 9.77. The van der Waals surface area contributed by atoms with Gasteiger partial charge in [-0.1, -0.05) is 6.07 Å². The Morgan fingerprint density at radius 1 is 0.906 bits per heavy atom. The first-order valence-electron chi connectivity index (χ1n) is 9.77. The maximum absolute atomic E-state index is 13.3. The van der Waals surface area contributed by atoms with Gasteiger partial charge in [0.1, 0.15) is 0 Å². The Bertz CT molecular complexity index is 1410. The Kier molecular flexibility index (Phi) is 5.80. The minimum atomic E-state index is -0.616. The van der Waals surface area contributed by atoms with Crippen molar-refractivity contribution in [2.75, 3.05) is 14.2 Å². The van der Waals surface area contributed by atoms with Crippen LogP contribution in [0.1, 0.15) is 16.1 Å². The van der Waals surface area contributed by atoms with Crippen LogP contribution in [0.5, 0.6) is 11.5 Å². The van der Waals surface area contributed by atoms with Gasteiger partial charge in [0.25, 0.3) is 5.56 Å². The fourth-order valence-electron chi connectivity index (χ4n) is 3.43. The van der Waals surface area contributed by atoms with Crippen LogP contribution >= 0.6 is 0 Å². The van der Waals surface area contributed by atoms with E-state index in [0.717, 1.165) is 4.57 Å². The predicted molar refractivity (Wildman–Crippen MR) is 117 cm³/mol. The largest absolute Gasteiger partial charge is 0.493 e. The molecule has 1 aromatic carbocycles. The normalized spacial score (nSPS) is 10.8. The molecule has 0 N–H and O–H groups in total. The van der Waals surface area contributed by atoms with Crippen molar-refractivity contribution in [3.63, 3.8) is 0 Å². The van der Waals surface area contributed by atoms with Gasteiger partial charge in [0, 0.05) is 18.0 Å². The molecule has 0 aliphatic rings. The number of ketones is 1. The van der Waals surface area contributed by atoms with E-state index < -0.39 is 11.2 Å². The van der Waals surface area contributed by atoms with Crippen LogP contribution in [0.25, 0.3) is 11.0 Å². The highest BCUT2D eigenvalue weighted by Gasteiger charge is 2.18. The lowest BCUT2D eigenvalue weighted by Crippen LogP contribution is -2.41. The van der Waals surface area contributed by atoms with Gasteiger partial charge in [0.15, 0.2) is 22.8 Å². The summed E-state index contributed by atoms with van der Waals surface area (Å²) in [5.41, 5.74) is 0.117. The molecule has 3 aromatic heterocycles. The van der Waals surface area contributed by atoms with Gasteiger partial charge < -0.3 is 9.47 Å². The molecule has 0 radical (unpaired) electrons. The Morgan fingerprint density at radius 3 is 2.41 bits per heavy atom. The fraction of sp³-hybridized carbons (Fsp3) is 0.174. The number of carbonyl (C=O) groups excluding carboxylic acids is 1. The summed E-state index contributed by atoms with van der Waals surface area (Å²) in [7, 11) is 2.98. The number of fused-ring (bicyclic) bond motifs is 1. The van der Waals surface area contributed by atoms with Crippen LogP contribution < -0.4 is 20.7 Å². The number of aromatic nitrogens is 4. The molecule has 3 heterocycles. The number of nitrogens with zero attached hydrogens (tertiary/aromatic N) is 4. The average molecular weight is 432 g/mol. The van der Waals surface area contributed by atoms with E-state index in [1.54, 1.807) is 54.7 Å². The standard InChI is InChI=1S/C23H20N4O5/c1-31-19-9-8-15(12-20(19)32-2)18(28)14-26-17-7-5-11-25-21(17)22(29)27(23(26)30)13-16-6-3-4-10-24-16/h3-12H,13-14H2,1-2H3. The predicted octanol–water partition coefficient (Wildman–Crippen LogP) is 1.90. The average Bonchev–Trinajstić information content (AvgIpc) is 2.84. The van der Waals surface area contributed by atoms with E-state index in [-0.39, 0.29) is 29.9 Å². The Balaban J connectivity index is 1.81. The molecule has 0 unspecified atom stereocenters. The molecule has 0 aliphatic heterocycles. The van der Waals surface area contributed by atoms with Gasteiger partial charge in [-0.15, -0.1) is 0 Å². The molecule has 4 aromatic rings. The van der Waals surface area contributed by atoms with Gasteiger partial charge in [0.2, 0.25) is 0 Å². The molecule has 0 saturated heterocycles. The van der Waals surface area contributed by atoms with E-state index >= 15 is 0 Å².